The van der Waals surface area contributed by atoms with Crippen LogP contribution >= 0.6 is 47.1 Å². The van der Waals surface area contributed by atoms with Crippen molar-refractivity contribution in [1.29, 1.82) is 0 Å². The van der Waals surface area contributed by atoms with Crippen LogP contribution in [0.15, 0.2) is 45.6 Å². The molecule has 1 aromatic heterocycles. The van der Waals surface area contributed by atoms with Gasteiger partial charge < -0.3 is 15.1 Å². The molecule has 0 saturated carbocycles. The molecule has 1 unspecified atom stereocenters. The van der Waals surface area contributed by atoms with Crippen molar-refractivity contribution in [2.45, 2.75) is 30.6 Å². The number of likely N-dealkylation sites (tertiary alicyclic amines) is 1. The standard InChI is InChI=1S/C22H31N5S2.HI/c1-23-21(24-11-9-19-17-29-22(25-19)26-12-5-6-13-26)27-14-10-18(15-27)16-28-20-7-3-2-4-8-20;/h2-4,7-8,17-18H,5-6,9-16H2,1H3,(H,23,24);1H. The third kappa shape index (κ3) is 6.50. The summed E-state index contributed by atoms with van der Waals surface area (Å²) < 4.78 is 0. The van der Waals surface area contributed by atoms with Crippen molar-refractivity contribution in [2.75, 3.05) is 50.4 Å². The average molecular weight is 558 g/mol. The van der Waals surface area contributed by atoms with Gasteiger partial charge in [-0.2, -0.15) is 0 Å². The Morgan fingerprint density at radius 3 is 2.80 bits per heavy atom. The summed E-state index contributed by atoms with van der Waals surface area (Å²) in [6, 6.07) is 10.7. The van der Waals surface area contributed by atoms with Crippen molar-refractivity contribution >= 4 is 58.2 Å². The molecule has 1 N–H and O–H groups in total. The number of nitrogens with one attached hydrogen (secondary N) is 1. The molecule has 0 spiro atoms. The highest BCUT2D eigenvalue weighted by Gasteiger charge is 2.25. The van der Waals surface area contributed by atoms with Crippen LogP contribution in [-0.4, -0.2) is 61.4 Å². The molecule has 2 fully saturated rings. The molecule has 30 heavy (non-hydrogen) atoms. The maximum Gasteiger partial charge on any atom is 0.193 e. The molecule has 8 heteroatoms. The first kappa shape index (κ1) is 23.7. The predicted molar refractivity (Wildman–Crippen MR) is 141 cm³/mol. The van der Waals surface area contributed by atoms with Gasteiger partial charge >= 0.3 is 0 Å². The van der Waals surface area contributed by atoms with E-state index in [0.29, 0.717) is 0 Å². The van der Waals surface area contributed by atoms with Gasteiger partial charge in [-0.1, -0.05) is 18.2 Å². The summed E-state index contributed by atoms with van der Waals surface area (Å²) in [5.74, 6) is 2.93. The maximum absolute atomic E-state index is 4.83. The molecule has 0 amide bonds. The van der Waals surface area contributed by atoms with Crippen LogP contribution in [0, 0.1) is 5.92 Å². The van der Waals surface area contributed by atoms with Crippen LogP contribution in [0.5, 0.6) is 0 Å². The van der Waals surface area contributed by atoms with Crippen LogP contribution in [0.3, 0.4) is 0 Å². The summed E-state index contributed by atoms with van der Waals surface area (Å²) in [6.45, 7) is 5.40. The summed E-state index contributed by atoms with van der Waals surface area (Å²) in [7, 11) is 1.89. The number of halogens is 1. The van der Waals surface area contributed by atoms with E-state index in [1.54, 1.807) is 11.3 Å². The number of benzene rings is 1. The van der Waals surface area contributed by atoms with Gasteiger partial charge in [-0.05, 0) is 37.3 Å². The molecular weight excluding hydrogens is 525 g/mol. The summed E-state index contributed by atoms with van der Waals surface area (Å²) in [4.78, 5) is 15.5. The second-order valence-electron chi connectivity index (χ2n) is 7.76. The molecule has 1 atom stereocenters. The zero-order chi connectivity index (χ0) is 19.9. The van der Waals surface area contributed by atoms with Gasteiger partial charge in [-0.25, -0.2) is 4.98 Å². The van der Waals surface area contributed by atoms with Gasteiger partial charge in [0.15, 0.2) is 11.1 Å². The van der Waals surface area contributed by atoms with Crippen molar-refractivity contribution < 1.29 is 0 Å². The van der Waals surface area contributed by atoms with Gasteiger partial charge in [0.25, 0.3) is 0 Å². The normalized spacial score (nSPS) is 19.2. The van der Waals surface area contributed by atoms with E-state index < -0.39 is 0 Å². The quantitative estimate of drug-likeness (QED) is 0.234. The van der Waals surface area contributed by atoms with E-state index in [4.69, 9.17) is 4.98 Å². The van der Waals surface area contributed by atoms with Crippen molar-refractivity contribution in [1.82, 2.24) is 15.2 Å². The number of hydrogen-bond donors (Lipinski definition) is 1. The number of aromatic nitrogens is 1. The molecule has 2 aromatic rings. The minimum absolute atomic E-state index is 0. The number of thioether (sulfide) groups is 1. The largest absolute Gasteiger partial charge is 0.356 e. The number of thiazole rings is 1. The molecule has 164 valence electrons. The van der Waals surface area contributed by atoms with Crippen LogP contribution in [0.1, 0.15) is 25.0 Å². The monoisotopic (exact) mass is 557 g/mol. The average Bonchev–Trinajstić information content (AvgIpc) is 3.52. The van der Waals surface area contributed by atoms with E-state index in [-0.39, 0.29) is 24.0 Å². The van der Waals surface area contributed by atoms with E-state index in [9.17, 15) is 0 Å². The first-order valence-corrected chi connectivity index (χ1v) is 12.5. The fourth-order valence-corrected chi connectivity index (χ4v) is 5.95. The first-order chi connectivity index (χ1) is 14.3. The molecule has 3 heterocycles. The van der Waals surface area contributed by atoms with E-state index in [2.05, 4.69) is 55.8 Å². The van der Waals surface area contributed by atoms with Crippen LogP contribution < -0.4 is 10.2 Å². The summed E-state index contributed by atoms with van der Waals surface area (Å²) in [6.07, 6.45) is 4.79. The van der Waals surface area contributed by atoms with E-state index >= 15 is 0 Å². The van der Waals surface area contributed by atoms with E-state index in [1.165, 1.54) is 40.7 Å². The highest BCUT2D eigenvalue weighted by atomic mass is 127. The fraction of sp³-hybridized carbons (Fsp3) is 0.545. The van der Waals surface area contributed by atoms with Crippen LogP contribution in [0.25, 0.3) is 0 Å². The molecular formula is C22H32IN5S2. The lowest BCUT2D eigenvalue weighted by Crippen LogP contribution is -2.41. The van der Waals surface area contributed by atoms with Gasteiger partial charge in [-0.15, -0.1) is 47.1 Å². The number of rotatable bonds is 7. The lowest BCUT2D eigenvalue weighted by atomic mass is 10.2. The maximum atomic E-state index is 4.83. The van der Waals surface area contributed by atoms with Crippen LogP contribution in [-0.2, 0) is 6.42 Å². The molecule has 0 bridgehead atoms. The van der Waals surface area contributed by atoms with Crippen molar-refractivity contribution in [2.24, 2.45) is 10.9 Å². The Labute approximate surface area is 205 Å². The number of nitrogens with zero attached hydrogens (tertiary/aromatic N) is 4. The third-order valence-corrected chi connectivity index (χ3v) is 7.80. The summed E-state index contributed by atoms with van der Waals surface area (Å²) >= 11 is 3.75. The lowest BCUT2D eigenvalue weighted by Gasteiger charge is -2.21. The Morgan fingerprint density at radius 2 is 2.03 bits per heavy atom. The zero-order valence-corrected chi connectivity index (χ0v) is 21.6. The lowest BCUT2D eigenvalue weighted by molar-refractivity contribution is 0.475. The van der Waals surface area contributed by atoms with Gasteiger partial charge in [-0.3, -0.25) is 4.99 Å². The third-order valence-electron chi connectivity index (χ3n) is 5.61. The minimum atomic E-state index is 0. The smallest absolute Gasteiger partial charge is 0.193 e. The van der Waals surface area contributed by atoms with Gasteiger partial charge in [0.05, 0.1) is 5.69 Å². The molecule has 0 radical (unpaired) electrons. The highest BCUT2D eigenvalue weighted by Crippen LogP contribution is 2.26. The van der Waals surface area contributed by atoms with Crippen molar-refractivity contribution in [3.05, 3.63) is 41.4 Å². The Hall–Kier alpha value is -1.000. The summed E-state index contributed by atoms with van der Waals surface area (Å²) in [5, 5.41) is 6.96. The first-order valence-electron chi connectivity index (χ1n) is 10.6. The Morgan fingerprint density at radius 1 is 1.23 bits per heavy atom. The van der Waals surface area contributed by atoms with Crippen LogP contribution in [0.2, 0.25) is 0 Å². The Balaban J connectivity index is 0.00000256. The molecule has 5 nitrogen and oxygen atoms in total. The number of anilines is 1. The van der Waals surface area contributed by atoms with Gasteiger partial charge in [0, 0.05) is 62.2 Å². The second kappa shape index (κ2) is 12.1. The number of hydrogen-bond acceptors (Lipinski definition) is 5. The topological polar surface area (TPSA) is 43.8 Å². The molecule has 4 rings (SSSR count). The number of aliphatic imine (C=N–C) groups is 1. The zero-order valence-electron chi connectivity index (χ0n) is 17.6. The molecule has 2 saturated heterocycles. The fourth-order valence-electron chi connectivity index (χ4n) is 3.99. The molecule has 1 aromatic carbocycles. The predicted octanol–water partition coefficient (Wildman–Crippen LogP) is 4.59. The Bertz CT molecular complexity index is 792. The van der Waals surface area contributed by atoms with E-state index in [0.717, 1.165) is 51.0 Å². The summed E-state index contributed by atoms with van der Waals surface area (Å²) in [5.41, 5.74) is 1.19. The van der Waals surface area contributed by atoms with Crippen LogP contribution in [0.4, 0.5) is 5.13 Å². The minimum Gasteiger partial charge on any atom is -0.356 e. The van der Waals surface area contributed by atoms with Crippen molar-refractivity contribution in [3.8, 4) is 0 Å². The SMILES string of the molecule is CN=C(NCCc1csc(N2CCCC2)n1)N1CCC(CSc2ccccc2)C1.I. The van der Waals surface area contributed by atoms with Gasteiger partial charge in [0.2, 0.25) is 0 Å². The number of guanidine groups is 1. The molecule has 0 aliphatic carbocycles. The highest BCUT2D eigenvalue weighted by molar-refractivity contribution is 14.0. The Kier molecular flexibility index (Phi) is 9.58. The molecule has 2 aliphatic rings. The van der Waals surface area contributed by atoms with Gasteiger partial charge in [0.1, 0.15) is 0 Å². The van der Waals surface area contributed by atoms with E-state index in [1.807, 2.05) is 18.8 Å². The van der Waals surface area contributed by atoms with Crippen molar-refractivity contribution in [3.63, 3.8) is 0 Å². The second-order valence-corrected chi connectivity index (χ2v) is 9.69. The molecule has 2 aliphatic heterocycles.